The minimum absolute atomic E-state index is 0.0385. The number of Topliss-reactive ketones (excluding diaryl/α,β-unsaturated/α-hetero) is 1. The molecule has 13 nitrogen and oxygen atoms in total. The van der Waals surface area contributed by atoms with Gasteiger partial charge in [-0.3, -0.25) is 24.4 Å². The van der Waals surface area contributed by atoms with E-state index in [9.17, 15) is 24.0 Å². The third-order valence-electron chi connectivity index (χ3n) is 12.7. The number of aromatic nitrogens is 1. The Morgan fingerprint density at radius 1 is 0.806 bits per heavy atom. The molecule has 1 aliphatic carbocycles. The Bertz CT molecular complexity index is 2460. The van der Waals surface area contributed by atoms with Crippen molar-refractivity contribution in [2.75, 3.05) is 25.0 Å². The number of anilines is 1. The second-order valence-electron chi connectivity index (χ2n) is 20.4. The zero-order valence-corrected chi connectivity index (χ0v) is 40.1. The van der Waals surface area contributed by atoms with E-state index in [0.29, 0.717) is 69.4 Å². The summed E-state index contributed by atoms with van der Waals surface area (Å²) in [5.74, 6) is -0.793. The van der Waals surface area contributed by atoms with Gasteiger partial charge in [0.15, 0.2) is 0 Å². The lowest BCUT2D eigenvalue weighted by Gasteiger charge is -2.33. The maximum atomic E-state index is 14.2. The van der Waals surface area contributed by atoms with E-state index in [4.69, 9.17) is 14.5 Å². The molecule has 4 amide bonds. The molecular formula is C54H66N6O7. The number of fused-ring (bicyclic) bond motifs is 1. The molecular weight excluding hydrogens is 845 g/mol. The molecule has 2 fully saturated rings. The van der Waals surface area contributed by atoms with Crippen molar-refractivity contribution in [3.05, 3.63) is 113 Å². The fourth-order valence-electron chi connectivity index (χ4n) is 9.14. The van der Waals surface area contributed by atoms with Gasteiger partial charge in [0, 0.05) is 79.6 Å². The number of nitrogens with one attached hydrogen (secondary N) is 3. The number of hydrogen-bond donors (Lipinski definition) is 3. The normalized spacial score (nSPS) is 18.0. The van der Waals surface area contributed by atoms with Gasteiger partial charge in [0.2, 0.25) is 5.91 Å². The van der Waals surface area contributed by atoms with Crippen molar-refractivity contribution in [3.63, 3.8) is 0 Å². The number of carbonyl (C=O) groups is 5. The van der Waals surface area contributed by atoms with E-state index in [-0.39, 0.29) is 48.0 Å². The molecule has 1 atom stereocenters. The number of aryl methyl sites for hydroxylation is 1. The van der Waals surface area contributed by atoms with E-state index in [1.165, 1.54) is 0 Å². The van der Waals surface area contributed by atoms with Crippen LogP contribution < -0.4 is 16.0 Å². The lowest BCUT2D eigenvalue weighted by atomic mass is 9.77. The molecule has 3 N–H and O–H groups in total. The number of pyridine rings is 1. The second-order valence-corrected chi connectivity index (χ2v) is 20.4. The van der Waals surface area contributed by atoms with Gasteiger partial charge in [0.25, 0.3) is 5.91 Å². The van der Waals surface area contributed by atoms with Crippen LogP contribution in [0.5, 0.6) is 0 Å². The molecule has 1 saturated carbocycles. The number of alkyl carbamates (subject to hydrolysis) is 1. The van der Waals surface area contributed by atoms with Crippen LogP contribution in [0.15, 0.2) is 90.2 Å². The summed E-state index contributed by atoms with van der Waals surface area (Å²) in [6.45, 7) is 14.6. The number of nitrogens with zero attached hydrogens (tertiary/aromatic N) is 3. The first kappa shape index (κ1) is 48.6. The van der Waals surface area contributed by atoms with Crippen molar-refractivity contribution in [3.8, 4) is 11.1 Å². The van der Waals surface area contributed by atoms with Crippen LogP contribution in [0.3, 0.4) is 0 Å². The average molecular weight is 911 g/mol. The van der Waals surface area contributed by atoms with Crippen molar-refractivity contribution in [1.29, 1.82) is 0 Å². The molecule has 2 aliphatic heterocycles. The summed E-state index contributed by atoms with van der Waals surface area (Å²) < 4.78 is 10.9. The number of ketones is 1. The van der Waals surface area contributed by atoms with Gasteiger partial charge in [-0.1, -0.05) is 42.5 Å². The minimum Gasteiger partial charge on any atom is -0.444 e. The fourth-order valence-corrected chi connectivity index (χ4v) is 9.14. The summed E-state index contributed by atoms with van der Waals surface area (Å²) >= 11 is 0. The number of amides is 4. The average Bonchev–Trinajstić information content (AvgIpc) is 3.72. The Morgan fingerprint density at radius 3 is 2.18 bits per heavy atom. The summed E-state index contributed by atoms with van der Waals surface area (Å²) in [7, 11) is 0. The highest BCUT2D eigenvalue weighted by Gasteiger charge is 2.32. The van der Waals surface area contributed by atoms with E-state index in [1.807, 2.05) is 121 Å². The summed E-state index contributed by atoms with van der Waals surface area (Å²) in [5, 5.41) is 9.16. The van der Waals surface area contributed by atoms with Crippen LogP contribution in [-0.4, -0.2) is 82.3 Å². The molecule has 4 aromatic rings. The lowest BCUT2D eigenvalue weighted by Crippen LogP contribution is -2.47. The molecule has 0 unspecified atom stereocenters. The van der Waals surface area contributed by atoms with Crippen molar-refractivity contribution < 1.29 is 33.4 Å². The third-order valence-corrected chi connectivity index (χ3v) is 12.7. The standard InChI is InChI=1S/C54H66N6O7/c1-34-27-40(49(62)57-43-22-25-60(26-23-43)52(65)67-54(5,6)7)19-21-45(34)37-14-10-35(11-15-37)28-42(30-48(61)38-16-12-36(13-17-38)32-56-51(64)66-53(2,3)4)50(63)58-44-20-18-39-29-46(59-47(39)31-44)41-9-8-24-55-33-41/h8-11,14-15,18-21,24,27,31,33,36,38,42-43H,12-13,16-17,22-23,25-26,28-30,32H2,1-7H3,(H,56,64)(H,57,62)(H,58,63)/t36?,38?,42-/m1/s1. The maximum absolute atomic E-state index is 14.2. The van der Waals surface area contributed by atoms with Crippen molar-refractivity contribution in [2.24, 2.45) is 22.7 Å². The molecule has 354 valence electrons. The first-order valence-electron chi connectivity index (χ1n) is 23.8. The number of hydrogen-bond acceptors (Lipinski definition) is 9. The van der Waals surface area contributed by atoms with Gasteiger partial charge in [-0.15, -0.1) is 0 Å². The molecule has 3 heterocycles. The highest BCUT2D eigenvalue weighted by Crippen LogP contribution is 2.34. The van der Waals surface area contributed by atoms with E-state index in [0.717, 1.165) is 57.6 Å². The number of rotatable bonds is 13. The van der Waals surface area contributed by atoms with Crippen LogP contribution in [0.1, 0.15) is 119 Å². The van der Waals surface area contributed by atoms with E-state index < -0.39 is 23.2 Å². The molecule has 13 heteroatoms. The fraction of sp³-hybridized carbons (Fsp3) is 0.463. The Kier molecular flexibility index (Phi) is 15.3. The Hall–Kier alpha value is -6.37. The summed E-state index contributed by atoms with van der Waals surface area (Å²) in [4.78, 5) is 77.1. The highest BCUT2D eigenvalue weighted by molar-refractivity contribution is 6.07. The van der Waals surface area contributed by atoms with Gasteiger partial charge in [-0.05, 0) is 157 Å². The molecule has 0 radical (unpaired) electrons. The number of ether oxygens (including phenoxy) is 2. The monoisotopic (exact) mass is 910 g/mol. The smallest absolute Gasteiger partial charge is 0.410 e. The quantitative estimate of drug-likeness (QED) is 0.119. The van der Waals surface area contributed by atoms with E-state index >= 15 is 0 Å². The first-order chi connectivity index (χ1) is 31.9. The van der Waals surface area contributed by atoms with E-state index in [1.54, 1.807) is 17.3 Å². The molecule has 0 spiro atoms. The summed E-state index contributed by atoms with van der Waals surface area (Å²) in [6, 6.07) is 23.4. The largest absolute Gasteiger partial charge is 0.444 e. The van der Waals surface area contributed by atoms with Crippen LogP contribution in [0.2, 0.25) is 0 Å². The topological polar surface area (TPSA) is 168 Å². The van der Waals surface area contributed by atoms with Crippen molar-refractivity contribution in [1.82, 2.24) is 20.5 Å². The predicted molar refractivity (Wildman–Crippen MR) is 261 cm³/mol. The first-order valence-corrected chi connectivity index (χ1v) is 23.8. The van der Waals surface area contributed by atoms with Crippen LogP contribution in [0.4, 0.5) is 21.0 Å². The van der Waals surface area contributed by atoms with Gasteiger partial charge >= 0.3 is 12.2 Å². The van der Waals surface area contributed by atoms with Crippen LogP contribution in [-0.2, 0) is 31.9 Å². The predicted octanol–water partition coefficient (Wildman–Crippen LogP) is 9.95. The van der Waals surface area contributed by atoms with E-state index in [2.05, 4.69) is 20.9 Å². The second kappa shape index (κ2) is 21.1. The molecule has 1 saturated heterocycles. The van der Waals surface area contributed by atoms with Gasteiger partial charge in [-0.2, -0.15) is 0 Å². The van der Waals surface area contributed by atoms with Gasteiger partial charge in [0.1, 0.15) is 17.0 Å². The summed E-state index contributed by atoms with van der Waals surface area (Å²) in [5.41, 5.74) is 7.67. The SMILES string of the molecule is Cc1cc(C(=O)NC2CCN(C(=O)OC(C)(C)C)CC2)ccc1-c1ccc(C[C@H](CC(=O)C2CCC(CNC(=O)OC(C)(C)C)CC2)C(=O)Nc2ccc3c(c2)N=C(c2cccnc2)C3)cc1. The summed E-state index contributed by atoms with van der Waals surface area (Å²) in [6.07, 6.45) is 8.28. The molecule has 67 heavy (non-hydrogen) atoms. The zero-order valence-electron chi connectivity index (χ0n) is 40.1. The molecule has 7 rings (SSSR count). The Morgan fingerprint density at radius 2 is 1.52 bits per heavy atom. The number of aliphatic imine (C=N–C) groups is 1. The molecule has 0 bridgehead atoms. The zero-order chi connectivity index (χ0) is 47.9. The highest BCUT2D eigenvalue weighted by atomic mass is 16.6. The van der Waals surface area contributed by atoms with Crippen molar-refractivity contribution in [2.45, 2.75) is 123 Å². The number of piperidine rings is 1. The minimum atomic E-state index is -0.614. The lowest BCUT2D eigenvalue weighted by molar-refractivity contribution is -0.129. The Balaban J connectivity index is 0.991. The molecule has 3 aromatic carbocycles. The van der Waals surface area contributed by atoms with Crippen LogP contribution in [0.25, 0.3) is 11.1 Å². The maximum Gasteiger partial charge on any atom is 0.410 e. The number of carbonyl (C=O) groups excluding carboxylic acids is 5. The van der Waals surface area contributed by atoms with Crippen LogP contribution >= 0.6 is 0 Å². The van der Waals surface area contributed by atoms with Crippen LogP contribution in [0, 0.1) is 24.7 Å². The van der Waals surface area contributed by atoms with Gasteiger partial charge in [0.05, 0.1) is 11.4 Å². The van der Waals surface area contributed by atoms with Crippen molar-refractivity contribution >= 4 is 46.9 Å². The molecule has 1 aromatic heterocycles. The third kappa shape index (κ3) is 13.6. The van der Waals surface area contributed by atoms with Gasteiger partial charge < -0.3 is 30.3 Å². The number of benzene rings is 3. The Labute approximate surface area is 394 Å². The van der Waals surface area contributed by atoms with Gasteiger partial charge in [-0.25, -0.2) is 9.59 Å². The number of likely N-dealkylation sites (tertiary alicyclic amines) is 1. The molecule has 3 aliphatic rings.